The Hall–Kier alpha value is -1.35. The van der Waals surface area contributed by atoms with Crippen molar-refractivity contribution in [3.63, 3.8) is 0 Å². The molecule has 0 aliphatic rings. The second-order valence-electron chi connectivity index (χ2n) is 1.35. The van der Waals surface area contributed by atoms with Crippen molar-refractivity contribution in [2.75, 3.05) is 0 Å². The van der Waals surface area contributed by atoms with Crippen LogP contribution in [0.4, 0.5) is 0 Å². The highest BCUT2D eigenvalue weighted by Crippen LogP contribution is 1.79. The molecule has 0 saturated carbocycles. The smallest absolute Gasteiger partial charge is 0.290 e. The Morgan fingerprint density at radius 1 is 0.917 bits per heavy atom. The highest BCUT2D eigenvalue weighted by atomic mass is 35.5. The molecule has 0 aliphatic heterocycles. The van der Waals surface area contributed by atoms with Crippen molar-refractivity contribution in [1.82, 2.24) is 0 Å². The van der Waals surface area contributed by atoms with Gasteiger partial charge in [-0.3, -0.25) is 9.59 Å². The average molecular weight is 189 g/mol. The lowest BCUT2D eigenvalue weighted by atomic mass is 10.4. The Balaban J connectivity index is 0. The van der Waals surface area contributed by atoms with Crippen LogP contribution in [0.3, 0.4) is 0 Å². The quantitative estimate of drug-likeness (QED) is 0.499. The number of hydrogen-bond donors (Lipinski definition) is 1. The molecular weight excluding hydrogens is 180 g/mol. The zero-order valence-corrected chi connectivity index (χ0v) is 7.02. The van der Waals surface area contributed by atoms with E-state index in [9.17, 15) is 0 Å². The van der Waals surface area contributed by atoms with Gasteiger partial charge in [0.2, 0.25) is 5.75 Å². The zero-order valence-electron chi connectivity index (χ0n) is 6.26. The van der Waals surface area contributed by atoms with E-state index in [1.807, 2.05) is 36.4 Å². The molecule has 0 spiro atoms. The van der Waals surface area contributed by atoms with Gasteiger partial charge in [-0.15, -0.1) is 0 Å². The molecule has 0 atom stereocenters. The van der Waals surface area contributed by atoms with E-state index in [0.29, 0.717) is 0 Å². The molecule has 0 fully saturated rings. The number of hydrogen-bond acceptors (Lipinski definition) is 2. The highest BCUT2D eigenvalue weighted by Gasteiger charge is 1.57. The summed E-state index contributed by atoms with van der Waals surface area (Å²) in [4.78, 5) is 16.9. The van der Waals surface area contributed by atoms with Gasteiger partial charge in [0.1, 0.15) is 0 Å². The van der Waals surface area contributed by atoms with Crippen LogP contribution in [-0.4, -0.2) is 17.3 Å². The first-order valence-electron chi connectivity index (χ1n) is 2.95. The summed E-state index contributed by atoms with van der Waals surface area (Å²) < 4.78 is 0. The number of benzene rings is 1. The number of carboxylic acid groups (broad SMARTS) is 1. The first kappa shape index (κ1) is 13.3. The molecule has 3 nitrogen and oxygen atoms in total. The highest BCUT2D eigenvalue weighted by molar-refractivity contribution is 6.54. The van der Waals surface area contributed by atoms with E-state index >= 15 is 0 Å². The van der Waals surface area contributed by atoms with Crippen LogP contribution in [0, 0.1) is 0 Å². The minimum atomic E-state index is -0.250. The van der Waals surface area contributed by atoms with Crippen LogP contribution in [0.1, 0.15) is 0 Å². The van der Waals surface area contributed by atoms with Crippen molar-refractivity contribution in [3.8, 4) is 0 Å². The molecule has 12 heavy (non-hydrogen) atoms. The van der Waals surface area contributed by atoms with Crippen LogP contribution >= 0.6 is 11.6 Å². The van der Waals surface area contributed by atoms with E-state index in [1.165, 1.54) is 0 Å². The van der Waals surface area contributed by atoms with Gasteiger partial charge in [0.15, 0.2) is 0 Å². The molecule has 1 aromatic carbocycles. The molecule has 0 unspecified atom stereocenters. The normalized spacial score (nSPS) is 6.08. The van der Waals surface area contributed by atoms with Crippen LogP contribution in [0.2, 0.25) is 0 Å². The maximum absolute atomic E-state index is 8.57. The lowest BCUT2D eigenvalue weighted by Crippen LogP contribution is -1.49. The summed E-state index contributed by atoms with van der Waals surface area (Å²) >= 11 is 4.32. The molecule has 0 bridgehead atoms. The van der Waals surface area contributed by atoms with Gasteiger partial charge in [-0.25, -0.2) is 0 Å². The third-order valence-corrected chi connectivity index (χ3v) is 0.667. The summed E-state index contributed by atoms with van der Waals surface area (Å²) in [7, 11) is 0. The van der Waals surface area contributed by atoms with Crippen LogP contribution in [0.5, 0.6) is 0 Å². The van der Waals surface area contributed by atoms with E-state index in [0.717, 1.165) is 0 Å². The lowest BCUT2D eigenvalue weighted by Gasteiger charge is -1.69. The summed E-state index contributed by atoms with van der Waals surface area (Å²) in [6.45, 7) is -0.250. The molecule has 66 valence electrons. The molecule has 4 heteroatoms. The van der Waals surface area contributed by atoms with Gasteiger partial charge in [-0.1, -0.05) is 36.4 Å². The SMILES string of the molecule is O=CCl.O=CO.c1ccccc1. The maximum Gasteiger partial charge on any atom is 0.290 e. The minimum absolute atomic E-state index is 0.222. The molecule has 1 aromatic rings. The Labute approximate surface area is 75.6 Å². The zero-order chi connectivity index (χ0) is 9.66. The van der Waals surface area contributed by atoms with Gasteiger partial charge < -0.3 is 5.11 Å². The summed E-state index contributed by atoms with van der Waals surface area (Å²) in [5.41, 5.74) is 0. The molecule has 1 N–H and O–H groups in total. The molecular formula is C8H9ClO3. The van der Waals surface area contributed by atoms with Crippen molar-refractivity contribution in [3.05, 3.63) is 36.4 Å². The Kier molecular flexibility index (Phi) is 18.0. The molecule has 0 aromatic heterocycles. The predicted molar refractivity (Wildman–Crippen MR) is 47.7 cm³/mol. The van der Waals surface area contributed by atoms with E-state index in [2.05, 4.69) is 11.6 Å². The first-order valence-corrected chi connectivity index (χ1v) is 3.38. The lowest BCUT2D eigenvalue weighted by molar-refractivity contribution is -0.122. The number of rotatable bonds is 0. The van der Waals surface area contributed by atoms with Gasteiger partial charge in [0, 0.05) is 0 Å². The van der Waals surface area contributed by atoms with Crippen LogP contribution in [0.15, 0.2) is 36.4 Å². The van der Waals surface area contributed by atoms with E-state index in [1.54, 1.807) is 0 Å². The standard InChI is InChI=1S/C6H6.CHClO.CH2O2/c1-2-4-6-5-3-1;2*2-1-3/h1-6H;1H;1H,(H,2,3). The van der Waals surface area contributed by atoms with Crippen LogP contribution in [-0.2, 0) is 9.59 Å². The maximum atomic E-state index is 8.57. The average Bonchev–Trinajstić information content (AvgIpc) is 2.10. The molecule has 0 aliphatic carbocycles. The van der Waals surface area contributed by atoms with E-state index in [-0.39, 0.29) is 12.2 Å². The molecule has 0 radical (unpaired) electrons. The largest absolute Gasteiger partial charge is 0.483 e. The summed E-state index contributed by atoms with van der Waals surface area (Å²) in [6.07, 6.45) is 0. The fourth-order valence-corrected chi connectivity index (χ4v) is 0.385. The van der Waals surface area contributed by atoms with Gasteiger partial charge in [0.25, 0.3) is 6.47 Å². The topological polar surface area (TPSA) is 54.4 Å². The fourth-order valence-electron chi connectivity index (χ4n) is 0.385. The van der Waals surface area contributed by atoms with Crippen LogP contribution in [0.25, 0.3) is 0 Å². The fraction of sp³-hybridized carbons (Fsp3) is 0. The predicted octanol–water partition coefficient (Wildman–Crippen LogP) is 1.80. The number of halogens is 1. The van der Waals surface area contributed by atoms with Gasteiger partial charge in [-0.2, -0.15) is 0 Å². The molecule has 0 heterocycles. The summed E-state index contributed by atoms with van der Waals surface area (Å²) in [5, 5.41) is 6.89. The number of carbonyl (C=O) groups is 2. The van der Waals surface area contributed by atoms with Gasteiger partial charge >= 0.3 is 0 Å². The number of carbonyl (C=O) groups excluding carboxylic acids is 1. The van der Waals surface area contributed by atoms with Gasteiger partial charge in [0.05, 0.1) is 0 Å². The molecule has 0 saturated heterocycles. The van der Waals surface area contributed by atoms with Gasteiger partial charge in [-0.05, 0) is 11.6 Å². The monoisotopic (exact) mass is 188 g/mol. The van der Waals surface area contributed by atoms with E-state index < -0.39 is 0 Å². The first-order chi connectivity index (χ1) is 5.83. The third kappa shape index (κ3) is 23.4. The Morgan fingerprint density at radius 2 is 1.00 bits per heavy atom. The van der Waals surface area contributed by atoms with Crippen molar-refractivity contribution in [1.29, 1.82) is 0 Å². The minimum Gasteiger partial charge on any atom is -0.483 e. The van der Waals surface area contributed by atoms with Crippen molar-refractivity contribution < 1.29 is 14.7 Å². The van der Waals surface area contributed by atoms with Crippen molar-refractivity contribution in [2.45, 2.75) is 0 Å². The Bertz CT molecular complexity index is 144. The molecule has 0 amide bonds. The van der Waals surface area contributed by atoms with Crippen molar-refractivity contribution in [2.24, 2.45) is 0 Å². The second kappa shape index (κ2) is 16.3. The summed E-state index contributed by atoms with van der Waals surface area (Å²) in [6, 6.07) is 12.0. The third-order valence-electron chi connectivity index (χ3n) is 0.667. The Morgan fingerprint density at radius 3 is 1.08 bits per heavy atom. The molecule has 1 rings (SSSR count). The van der Waals surface area contributed by atoms with Crippen molar-refractivity contribution >= 4 is 23.8 Å². The summed E-state index contributed by atoms with van der Waals surface area (Å²) in [5.74, 6) is 0.222. The van der Waals surface area contributed by atoms with Crippen LogP contribution < -0.4 is 0 Å². The van der Waals surface area contributed by atoms with E-state index in [4.69, 9.17) is 14.7 Å². The second-order valence-corrected chi connectivity index (χ2v) is 1.53.